The van der Waals surface area contributed by atoms with E-state index < -0.39 is 11.3 Å². The molecule has 0 saturated carbocycles. The first-order valence-electron chi connectivity index (χ1n) is 11.4. The third kappa shape index (κ3) is 2.32. The van der Waals surface area contributed by atoms with Crippen LogP contribution in [0.1, 0.15) is 48.4 Å². The molecule has 160 valence electrons. The Morgan fingerprint density at radius 3 is 2.03 bits per heavy atom. The molecule has 3 aliphatic carbocycles. The number of imide groups is 1. The molecule has 0 aromatic heterocycles. The van der Waals surface area contributed by atoms with Crippen molar-refractivity contribution in [2.24, 2.45) is 11.8 Å². The number of benzene rings is 3. The van der Waals surface area contributed by atoms with Crippen LogP contribution in [-0.4, -0.2) is 18.4 Å². The topological polar surface area (TPSA) is 46.6 Å². The summed E-state index contributed by atoms with van der Waals surface area (Å²) in [6.07, 6.45) is 0.926. The van der Waals surface area contributed by atoms with E-state index in [0.29, 0.717) is 12.3 Å². The minimum Gasteiger partial charge on any atom is -0.494 e. The van der Waals surface area contributed by atoms with Gasteiger partial charge in [-0.15, -0.1) is 0 Å². The first kappa shape index (κ1) is 19.3. The molecule has 0 unspecified atom stereocenters. The highest BCUT2D eigenvalue weighted by atomic mass is 16.5. The molecule has 1 heterocycles. The normalized spacial score (nSPS) is 27.2. The van der Waals surface area contributed by atoms with Crippen molar-refractivity contribution in [3.8, 4) is 5.75 Å². The summed E-state index contributed by atoms with van der Waals surface area (Å²) in [4.78, 5) is 29.1. The van der Waals surface area contributed by atoms with Gasteiger partial charge in [0.25, 0.3) is 0 Å². The quantitative estimate of drug-likeness (QED) is 0.552. The second-order valence-corrected chi connectivity index (χ2v) is 9.21. The van der Waals surface area contributed by atoms with Gasteiger partial charge in [0.1, 0.15) is 5.75 Å². The first-order valence-corrected chi connectivity index (χ1v) is 11.4. The third-order valence-corrected chi connectivity index (χ3v) is 7.61. The minimum atomic E-state index is -0.529. The van der Waals surface area contributed by atoms with Crippen molar-refractivity contribution in [1.29, 1.82) is 0 Å². The Hall–Kier alpha value is -3.40. The Bertz CT molecular complexity index is 1200. The molecule has 3 aromatic rings. The van der Waals surface area contributed by atoms with Gasteiger partial charge >= 0.3 is 0 Å². The third-order valence-electron chi connectivity index (χ3n) is 7.61. The van der Waals surface area contributed by atoms with Gasteiger partial charge in [-0.25, -0.2) is 4.90 Å². The van der Waals surface area contributed by atoms with Gasteiger partial charge in [0.05, 0.1) is 24.1 Å². The maximum atomic E-state index is 13.9. The van der Waals surface area contributed by atoms with Gasteiger partial charge in [-0.2, -0.15) is 0 Å². The van der Waals surface area contributed by atoms with Crippen LogP contribution in [0, 0.1) is 11.8 Å². The molecule has 0 N–H and O–H groups in total. The van der Waals surface area contributed by atoms with Crippen LogP contribution < -0.4 is 9.64 Å². The Morgan fingerprint density at radius 2 is 1.44 bits per heavy atom. The van der Waals surface area contributed by atoms with Gasteiger partial charge in [0.15, 0.2) is 0 Å². The van der Waals surface area contributed by atoms with Gasteiger partial charge in [0.2, 0.25) is 11.8 Å². The molecule has 0 spiro atoms. The van der Waals surface area contributed by atoms with Gasteiger partial charge in [-0.1, -0.05) is 62.4 Å². The molecule has 1 saturated heterocycles. The summed E-state index contributed by atoms with van der Waals surface area (Å²) in [6.45, 7) is 4.85. The Balaban J connectivity index is 1.48. The monoisotopic (exact) mass is 423 g/mol. The van der Waals surface area contributed by atoms with Crippen molar-refractivity contribution in [2.45, 2.75) is 31.6 Å². The summed E-state index contributed by atoms with van der Waals surface area (Å²) in [7, 11) is 0. The fourth-order valence-electron chi connectivity index (χ4n) is 6.32. The fraction of sp³-hybridized carbons (Fsp3) is 0.286. The molecule has 0 radical (unpaired) electrons. The summed E-state index contributed by atoms with van der Waals surface area (Å²) in [5, 5.41) is 0. The van der Waals surface area contributed by atoms with Crippen LogP contribution in [-0.2, 0) is 15.0 Å². The highest BCUT2D eigenvalue weighted by Crippen LogP contribution is 2.64. The number of carbonyl (C=O) groups is 2. The van der Waals surface area contributed by atoms with Crippen LogP contribution in [0.25, 0.3) is 0 Å². The maximum absolute atomic E-state index is 13.9. The number of amides is 2. The standard InChI is InChI=1S/C28H25NO3/c1-3-16-32-18-14-12-17(13-15-18)29-26(30)24-23-19-8-4-6-10-21(19)28(2,25(24)27(29)31)22-11-7-5-9-20(22)23/h4-15,23-25H,3,16H2,1-2H3/t23?,24-,25-,28?/m1/s1. The average Bonchev–Trinajstić information content (AvgIpc) is 3.10. The van der Waals surface area contributed by atoms with Crippen LogP contribution >= 0.6 is 0 Å². The predicted molar refractivity (Wildman–Crippen MR) is 123 cm³/mol. The van der Waals surface area contributed by atoms with E-state index in [1.165, 1.54) is 27.2 Å². The largest absolute Gasteiger partial charge is 0.494 e. The summed E-state index contributed by atoms with van der Waals surface area (Å²) in [5.41, 5.74) is 4.81. The van der Waals surface area contributed by atoms with Gasteiger partial charge in [-0.05, 0) is 52.9 Å². The van der Waals surface area contributed by atoms with E-state index in [2.05, 4.69) is 38.1 Å². The van der Waals surface area contributed by atoms with Gasteiger partial charge in [-0.3, -0.25) is 9.59 Å². The molecule has 2 atom stereocenters. The number of ether oxygens (including phenoxy) is 1. The van der Waals surface area contributed by atoms with Gasteiger partial charge in [0, 0.05) is 11.3 Å². The molecular weight excluding hydrogens is 398 g/mol. The van der Waals surface area contributed by atoms with Crippen molar-refractivity contribution in [1.82, 2.24) is 0 Å². The Labute approximate surface area is 187 Å². The van der Waals surface area contributed by atoms with Crippen molar-refractivity contribution in [3.63, 3.8) is 0 Å². The van der Waals surface area contributed by atoms with E-state index in [9.17, 15) is 9.59 Å². The zero-order chi connectivity index (χ0) is 22.0. The highest BCUT2D eigenvalue weighted by molar-refractivity contribution is 6.23. The average molecular weight is 424 g/mol. The van der Waals surface area contributed by atoms with Crippen molar-refractivity contribution >= 4 is 17.5 Å². The lowest BCUT2D eigenvalue weighted by Crippen LogP contribution is -2.51. The number of hydrogen-bond donors (Lipinski definition) is 0. The molecule has 4 heteroatoms. The van der Waals surface area contributed by atoms with Crippen molar-refractivity contribution < 1.29 is 14.3 Å². The molecule has 7 rings (SSSR count). The van der Waals surface area contributed by atoms with Crippen LogP contribution in [0.15, 0.2) is 72.8 Å². The molecular formula is C28H25NO3. The van der Waals surface area contributed by atoms with Crippen LogP contribution in [0.2, 0.25) is 0 Å². The summed E-state index contributed by atoms with van der Waals surface area (Å²) in [5.74, 6) is -0.322. The van der Waals surface area contributed by atoms with Crippen molar-refractivity contribution in [2.75, 3.05) is 11.5 Å². The number of nitrogens with zero attached hydrogens (tertiary/aromatic N) is 1. The number of hydrogen-bond acceptors (Lipinski definition) is 3. The van der Waals surface area contributed by atoms with E-state index in [-0.39, 0.29) is 23.7 Å². The minimum absolute atomic E-state index is 0.0946. The lowest BCUT2D eigenvalue weighted by Gasteiger charge is -2.52. The number of anilines is 1. The highest BCUT2D eigenvalue weighted by Gasteiger charge is 2.66. The zero-order valence-electron chi connectivity index (χ0n) is 18.2. The molecule has 4 aliphatic rings. The van der Waals surface area contributed by atoms with Crippen LogP contribution in [0.5, 0.6) is 5.75 Å². The summed E-state index contributed by atoms with van der Waals surface area (Å²) < 4.78 is 5.68. The van der Waals surface area contributed by atoms with E-state index >= 15 is 0 Å². The van der Waals surface area contributed by atoms with E-state index in [1.807, 2.05) is 48.5 Å². The van der Waals surface area contributed by atoms with Crippen LogP contribution in [0.4, 0.5) is 5.69 Å². The zero-order valence-corrected chi connectivity index (χ0v) is 18.2. The second-order valence-electron chi connectivity index (χ2n) is 9.21. The lowest BCUT2D eigenvalue weighted by atomic mass is 9.48. The first-order chi connectivity index (χ1) is 15.6. The van der Waals surface area contributed by atoms with E-state index in [1.54, 1.807) is 0 Å². The molecule has 1 fully saturated rings. The van der Waals surface area contributed by atoms with Crippen molar-refractivity contribution in [3.05, 3.63) is 95.1 Å². The second kappa shape index (κ2) is 6.80. The fourth-order valence-corrected chi connectivity index (χ4v) is 6.32. The maximum Gasteiger partial charge on any atom is 0.238 e. The molecule has 4 nitrogen and oxygen atoms in total. The number of rotatable bonds is 4. The number of carbonyl (C=O) groups excluding carboxylic acids is 2. The molecule has 3 aromatic carbocycles. The Morgan fingerprint density at radius 1 is 0.844 bits per heavy atom. The SMILES string of the molecule is CCCOc1ccc(N2C(=O)[C@@H]3C4c5ccccc5C(C)(c5ccccc54)[C@H]3C2=O)cc1. The van der Waals surface area contributed by atoms with Gasteiger partial charge < -0.3 is 4.74 Å². The molecule has 2 amide bonds. The molecule has 1 aliphatic heterocycles. The summed E-state index contributed by atoms with van der Waals surface area (Å²) in [6, 6.07) is 24.0. The van der Waals surface area contributed by atoms with E-state index in [4.69, 9.17) is 4.74 Å². The predicted octanol–water partition coefficient (Wildman–Crippen LogP) is 5.05. The molecule has 2 bridgehead atoms. The Kier molecular flexibility index (Phi) is 4.10. The van der Waals surface area contributed by atoms with Crippen LogP contribution in [0.3, 0.4) is 0 Å². The van der Waals surface area contributed by atoms with E-state index in [0.717, 1.165) is 12.2 Å². The molecule has 32 heavy (non-hydrogen) atoms. The lowest BCUT2D eigenvalue weighted by molar-refractivity contribution is -0.123. The summed E-state index contributed by atoms with van der Waals surface area (Å²) >= 11 is 0. The smallest absolute Gasteiger partial charge is 0.238 e.